The molecule has 3 N–H and O–H groups in total. The lowest BCUT2D eigenvalue weighted by Crippen LogP contribution is -2.52. The van der Waals surface area contributed by atoms with E-state index in [4.69, 9.17) is 0 Å². The topological polar surface area (TPSA) is 118 Å². The van der Waals surface area contributed by atoms with Crippen LogP contribution in [0.5, 0.6) is 0 Å². The first kappa shape index (κ1) is 14.8. The number of fused-ring (bicyclic) bond motifs is 1. The summed E-state index contributed by atoms with van der Waals surface area (Å²) in [4.78, 5) is 46.7. The van der Waals surface area contributed by atoms with Crippen molar-refractivity contribution in [2.75, 3.05) is 0 Å². The van der Waals surface area contributed by atoms with Gasteiger partial charge in [0.25, 0.3) is 5.91 Å². The summed E-state index contributed by atoms with van der Waals surface area (Å²) >= 11 is 0. The fourth-order valence-electron chi connectivity index (χ4n) is 2.60. The number of rotatable bonds is 2. The Hall–Kier alpha value is -3.16. The van der Waals surface area contributed by atoms with Gasteiger partial charge in [0.05, 0.1) is 0 Å². The van der Waals surface area contributed by atoms with Crippen LogP contribution >= 0.6 is 0 Å². The Morgan fingerprint density at radius 1 is 1.26 bits per heavy atom. The molecule has 1 saturated heterocycles. The van der Waals surface area contributed by atoms with Gasteiger partial charge in [-0.15, -0.1) is 0 Å². The number of carbonyl (C=O) groups is 4. The molecule has 8 nitrogen and oxygen atoms in total. The van der Waals surface area contributed by atoms with Crippen LogP contribution in [0.1, 0.15) is 23.3 Å². The molecule has 0 saturated carbocycles. The molecule has 1 atom stereocenters. The highest BCUT2D eigenvalue weighted by atomic mass is 16.4. The number of carbonyl (C=O) groups excluding carboxylic acids is 3. The molecule has 0 aliphatic carbocycles. The first-order valence-electron chi connectivity index (χ1n) is 6.95. The van der Waals surface area contributed by atoms with Gasteiger partial charge in [0.2, 0.25) is 11.8 Å². The summed E-state index contributed by atoms with van der Waals surface area (Å²) in [5, 5.41) is 15.0. The minimum Gasteiger partial charge on any atom is -0.464 e. The fraction of sp³-hybridized carbons (Fsp3) is 0.200. The Balaban J connectivity index is 1.94. The van der Waals surface area contributed by atoms with Gasteiger partial charge in [-0.3, -0.25) is 19.7 Å². The highest BCUT2D eigenvalue weighted by molar-refractivity contribution is 6.10. The number of amides is 3. The van der Waals surface area contributed by atoms with Gasteiger partial charge in [-0.05, 0) is 6.42 Å². The molecule has 1 unspecified atom stereocenters. The molecule has 118 valence electrons. The summed E-state index contributed by atoms with van der Waals surface area (Å²) in [6, 6.07) is 5.88. The largest absolute Gasteiger partial charge is 0.464 e. The van der Waals surface area contributed by atoms with Crippen LogP contribution in [-0.4, -0.2) is 39.5 Å². The maximum absolute atomic E-state index is 12.5. The first-order valence-corrected chi connectivity index (χ1v) is 6.95. The average molecular weight is 315 g/mol. The molecular formula is C15H13N3O5. The van der Waals surface area contributed by atoms with Crippen molar-refractivity contribution in [3.8, 4) is 0 Å². The van der Waals surface area contributed by atoms with Crippen LogP contribution in [0.2, 0.25) is 0 Å². The van der Waals surface area contributed by atoms with E-state index in [9.17, 15) is 24.3 Å². The van der Waals surface area contributed by atoms with Crippen molar-refractivity contribution in [1.29, 1.82) is 0 Å². The Kier molecular flexibility index (Phi) is 3.57. The molecular weight excluding hydrogens is 302 g/mol. The Labute approximate surface area is 130 Å². The lowest BCUT2D eigenvalue weighted by Gasteiger charge is -2.21. The van der Waals surface area contributed by atoms with Gasteiger partial charge in [-0.2, -0.15) is 0 Å². The van der Waals surface area contributed by atoms with Crippen molar-refractivity contribution in [2.45, 2.75) is 18.9 Å². The number of nitrogens with one attached hydrogen (secondary N) is 2. The number of carboxylic acid groups (broad SMARTS) is 1. The van der Waals surface area contributed by atoms with Gasteiger partial charge < -0.3 is 10.4 Å². The average Bonchev–Trinajstić information content (AvgIpc) is 2.90. The van der Waals surface area contributed by atoms with Crippen LogP contribution in [0, 0.1) is 0 Å². The smallest absolute Gasteiger partial charge is 0.416 e. The van der Waals surface area contributed by atoms with E-state index in [1.54, 1.807) is 24.3 Å². The van der Waals surface area contributed by atoms with Gasteiger partial charge in [-0.25, -0.2) is 9.36 Å². The van der Waals surface area contributed by atoms with Crippen LogP contribution in [0.4, 0.5) is 4.79 Å². The zero-order valence-electron chi connectivity index (χ0n) is 11.9. The Bertz CT molecular complexity index is 839. The molecule has 0 radical (unpaired) electrons. The predicted molar refractivity (Wildman–Crippen MR) is 79.0 cm³/mol. The quantitative estimate of drug-likeness (QED) is 0.705. The number of nitrogens with zero attached hydrogens (tertiary/aromatic N) is 1. The second-order valence-corrected chi connectivity index (χ2v) is 5.19. The normalized spacial score (nSPS) is 17.8. The molecule has 1 aliphatic rings. The van der Waals surface area contributed by atoms with E-state index in [2.05, 4.69) is 10.6 Å². The number of benzene rings is 1. The van der Waals surface area contributed by atoms with Gasteiger partial charge >= 0.3 is 6.09 Å². The van der Waals surface area contributed by atoms with Crippen LogP contribution in [-0.2, 0) is 9.59 Å². The van der Waals surface area contributed by atoms with Gasteiger partial charge in [0.1, 0.15) is 11.7 Å². The standard InChI is InChI=1S/C15H13N3O5/c19-11-6-5-10(13(20)17-11)16-14(21)12-9-4-2-1-3-8(9)7-18(12)15(22)23/h1-4,7,10H,5-6H2,(H,16,21)(H,22,23)(H,17,19,20). The second kappa shape index (κ2) is 5.56. The number of hydrogen-bond acceptors (Lipinski definition) is 4. The lowest BCUT2D eigenvalue weighted by atomic mass is 10.1. The van der Waals surface area contributed by atoms with E-state index in [0.29, 0.717) is 10.8 Å². The molecule has 0 spiro atoms. The summed E-state index contributed by atoms with van der Waals surface area (Å²) < 4.78 is 0.825. The zero-order valence-corrected chi connectivity index (χ0v) is 11.9. The molecule has 1 aromatic carbocycles. The molecule has 0 bridgehead atoms. The molecule has 1 aromatic heterocycles. The summed E-state index contributed by atoms with van der Waals surface area (Å²) in [5.41, 5.74) is -0.0576. The number of aromatic nitrogens is 1. The predicted octanol–water partition coefficient (Wildman–Crippen LogP) is 0.702. The minimum atomic E-state index is -1.30. The minimum absolute atomic E-state index is 0.0576. The van der Waals surface area contributed by atoms with E-state index in [0.717, 1.165) is 4.57 Å². The number of imide groups is 1. The molecule has 2 aromatic rings. The van der Waals surface area contributed by atoms with Crippen LogP contribution in [0.25, 0.3) is 10.8 Å². The number of piperidine rings is 1. The molecule has 3 amide bonds. The molecule has 2 heterocycles. The van der Waals surface area contributed by atoms with E-state index in [1.165, 1.54) is 6.20 Å². The van der Waals surface area contributed by atoms with Crippen molar-refractivity contribution in [3.63, 3.8) is 0 Å². The highest BCUT2D eigenvalue weighted by Crippen LogP contribution is 2.21. The van der Waals surface area contributed by atoms with E-state index >= 15 is 0 Å². The van der Waals surface area contributed by atoms with Gasteiger partial charge in [0.15, 0.2) is 0 Å². The van der Waals surface area contributed by atoms with E-state index < -0.39 is 23.9 Å². The Morgan fingerprint density at radius 3 is 2.70 bits per heavy atom. The maximum atomic E-state index is 12.5. The van der Waals surface area contributed by atoms with Crippen LogP contribution in [0.15, 0.2) is 30.5 Å². The number of hydrogen-bond donors (Lipinski definition) is 3. The van der Waals surface area contributed by atoms with E-state index in [-0.39, 0.29) is 24.4 Å². The third-order valence-corrected chi connectivity index (χ3v) is 3.69. The van der Waals surface area contributed by atoms with Gasteiger partial charge in [-0.1, -0.05) is 24.3 Å². The summed E-state index contributed by atoms with van der Waals surface area (Å²) in [7, 11) is 0. The Morgan fingerprint density at radius 2 is 2.00 bits per heavy atom. The maximum Gasteiger partial charge on any atom is 0.416 e. The van der Waals surface area contributed by atoms with Gasteiger partial charge in [0, 0.05) is 23.4 Å². The summed E-state index contributed by atoms with van der Waals surface area (Å²) in [5.74, 6) is -1.66. The lowest BCUT2D eigenvalue weighted by molar-refractivity contribution is -0.134. The SMILES string of the molecule is O=C1CCC(NC(=O)c2c3ccccc3cn2C(=O)O)C(=O)N1. The van der Waals surface area contributed by atoms with Crippen LogP contribution < -0.4 is 10.6 Å². The van der Waals surface area contributed by atoms with E-state index in [1.807, 2.05) is 0 Å². The third-order valence-electron chi connectivity index (χ3n) is 3.69. The molecule has 1 aliphatic heterocycles. The summed E-state index contributed by atoms with van der Waals surface area (Å²) in [6.07, 6.45) is 0.353. The van der Waals surface area contributed by atoms with Crippen molar-refractivity contribution in [1.82, 2.24) is 15.2 Å². The van der Waals surface area contributed by atoms with Crippen molar-refractivity contribution < 1.29 is 24.3 Å². The zero-order chi connectivity index (χ0) is 16.6. The van der Waals surface area contributed by atoms with Crippen molar-refractivity contribution in [3.05, 3.63) is 36.2 Å². The molecule has 1 fully saturated rings. The molecule has 23 heavy (non-hydrogen) atoms. The highest BCUT2D eigenvalue weighted by Gasteiger charge is 2.30. The molecule has 3 rings (SSSR count). The molecule has 8 heteroatoms. The van der Waals surface area contributed by atoms with Crippen molar-refractivity contribution in [2.24, 2.45) is 0 Å². The third kappa shape index (κ3) is 2.66. The van der Waals surface area contributed by atoms with Crippen LogP contribution in [0.3, 0.4) is 0 Å². The second-order valence-electron chi connectivity index (χ2n) is 5.19. The monoisotopic (exact) mass is 315 g/mol. The summed E-state index contributed by atoms with van der Waals surface area (Å²) in [6.45, 7) is 0. The fourth-order valence-corrected chi connectivity index (χ4v) is 2.60. The first-order chi connectivity index (χ1) is 11.0. The van der Waals surface area contributed by atoms with Crippen molar-refractivity contribution >= 4 is 34.6 Å².